The number of aliphatic imine (C=N–C) groups is 1. The zero-order chi connectivity index (χ0) is 23.4. The van der Waals surface area contributed by atoms with Crippen LogP contribution in [0.5, 0.6) is 0 Å². The summed E-state index contributed by atoms with van der Waals surface area (Å²) < 4.78 is 0. The van der Waals surface area contributed by atoms with Crippen LogP contribution in [0.2, 0.25) is 0 Å². The Labute approximate surface area is 177 Å². The molecule has 1 aromatic heterocycles. The maximum absolute atomic E-state index is 12.7. The second-order valence-corrected chi connectivity index (χ2v) is 6.73. The summed E-state index contributed by atoms with van der Waals surface area (Å²) in [5, 5.41) is 22.9. The van der Waals surface area contributed by atoms with E-state index in [0.717, 1.165) is 0 Å². The molecule has 172 valence electrons. The van der Waals surface area contributed by atoms with Crippen LogP contribution in [-0.2, 0) is 25.6 Å². The first kappa shape index (κ1) is 25.4. The number of carboxylic acids is 2. The smallest absolute Gasteiger partial charge is 0.326 e. The van der Waals surface area contributed by atoms with Crippen LogP contribution in [0.4, 0.5) is 0 Å². The van der Waals surface area contributed by atoms with Gasteiger partial charge in [-0.1, -0.05) is 0 Å². The van der Waals surface area contributed by atoms with Crippen LogP contribution in [0, 0.1) is 0 Å². The van der Waals surface area contributed by atoms with Crippen molar-refractivity contribution in [3.63, 3.8) is 0 Å². The quantitative estimate of drug-likeness (QED) is 0.0840. The molecule has 0 radical (unpaired) electrons. The van der Waals surface area contributed by atoms with Gasteiger partial charge in [-0.3, -0.25) is 19.4 Å². The Morgan fingerprint density at radius 2 is 1.77 bits per heavy atom. The fourth-order valence-electron chi connectivity index (χ4n) is 2.55. The van der Waals surface area contributed by atoms with Crippen molar-refractivity contribution in [2.45, 2.75) is 50.2 Å². The minimum atomic E-state index is -1.27. The van der Waals surface area contributed by atoms with E-state index >= 15 is 0 Å². The van der Waals surface area contributed by atoms with Gasteiger partial charge in [0.2, 0.25) is 11.8 Å². The molecule has 0 saturated carbocycles. The van der Waals surface area contributed by atoms with Gasteiger partial charge in [0.05, 0.1) is 12.4 Å². The van der Waals surface area contributed by atoms with Gasteiger partial charge in [0.15, 0.2) is 5.96 Å². The Bertz CT molecular complexity index is 778. The molecule has 0 fully saturated rings. The predicted octanol–water partition coefficient (Wildman–Crippen LogP) is -2.75. The molecule has 1 rings (SSSR count). The summed E-state index contributed by atoms with van der Waals surface area (Å²) in [4.78, 5) is 57.5. The summed E-state index contributed by atoms with van der Waals surface area (Å²) in [6.07, 6.45) is 2.71. The number of aromatic nitrogens is 2. The van der Waals surface area contributed by atoms with Gasteiger partial charge in [0.1, 0.15) is 12.1 Å². The maximum Gasteiger partial charge on any atom is 0.326 e. The molecule has 14 heteroatoms. The minimum Gasteiger partial charge on any atom is -0.481 e. The van der Waals surface area contributed by atoms with Crippen molar-refractivity contribution in [3.8, 4) is 0 Å². The lowest BCUT2D eigenvalue weighted by Gasteiger charge is -2.22. The third-order valence-corrected chi connectivity index (χ3v) is 4.18. The van der Waals surface area contributed by atoms with E-state index in [0.29, 0.717) is 12.1 Å². The molecule has 0 saturated heterocycles. The normalized spacial score (nSPS) is 13.5. The van der Waals surface area contributed by atoms with E-state index < -0.39 is 41.9 Å². The number of H-pyrrole nitrogens is 1. The van der Waals surface area contributed by atoms with Gasteiger partial charge in [-0.25, -0.2) is 9.78 Å². The Morgan fingerprint density at radius 1 is 1.10 bits per heavy atom. The number of hydrogen-bond donors (Lipinski definition) is 8. The van der Waals surface area contributed by atoms with Crippen molar-refractivity contribution in [1.29, 1.82) is 0 Å². The number of guanidine groups is 1. The summed E-state index contributed by atoms with van der Waals surface area (Å²) in [7, 11) is 0. The van der Waals surface area contributed by atoms with Crippen LogP contribution >= 0.6 is 0 Å². The number of hydrogen-bond acceptors (Lipinski definition) is 7. The van der Waals surface area contributed by atoms with Crippen molar-refractivity contribution in [2.75, 3.05) is 6.54 Å². The van der Waals surface area contributed by atoms with Crippen LogP contribution in [-0.4, -0.2) is 74.6 Å². The van der Waals surface area contributed by atoms with Crippen LogP contribution in [0.15, 0.2) is 17.5 Å². The number of carbonyl (C=O) groups excluding carboxylic acids is 2. The van der Waals surface area contributed by atoms with E-state index in [-0.39, 0.29) is 38.2 Å². The summed E-state index contributed by atoms with van der Waals surface area (Å²) in [5.74, 6) is -3.99. The SMILES string of the molecule is NC(N)=NCCCC(NC(=O)C(N)CCC(=O)O)C(=O)NC(Cc1cnc[nH]1)C(=O)O. The van der Waals surface area contributed by atoms with Crippen molar-refractivity contribution in [1.82, 2.24) is 20.6 Å². The number of nitrogens with one attached hydrogen (secondary N) is 3. The number of carboxylic acid groups (broad SMARTS) is 2. The molecular weight excluding hydrogens is 412 g/mol. The Hall–Kier alpha value is -3.68. The van der Waals surface area contributed by atoms with Gasteiger partial charge in [-0.2, -0.15) is 0 Å². The largest absolute Gasteiger partial charge is 0.481 e. The molecule has 0 aliphatic rings. The molecule has 3 atom stereocenters. The third kappa shape index (κ3) is 10.1. The van der Waals surface area contributed by atoms with Gasteiger partial charge in [0, 0.05) is 31.3 Å². The molecule has 3 unspecified atom stereocenters. The molecular formula is C17H28N8O6. The van der Waals surface area contributed by atoms with Crippen LogP contribution in [0.3, 0.4) is 0 Å². The van der Waals surface area contributed by atoms with Gasteiger partial charge < -0.3 is 43.0 Å². The molecule has 0 aromatic carbocycles. The predicted molar refractivity (Wildman–Crippen MR) is 109 cm³/mol. The molecule has 1 heterocycles. The molecule has 31 heavy (non-hydrogen) atoms. The topological polar surface area (TPSA) is 252 Å². The van der Waals surface area contributed by atoms with Crippen molar-refractivity contribution in [3.05, 3.63) is 18.2 Å². The maximum atomic E-state index is 12.7. The summed E-state index contributed by atoms with van der Waals surface area (Å²) in [6, 6.07) is -3.55. The lowest BCUT2D eigenvalue weighted by molar-refractivity contribution is -0.142. The number of rotatable bonds is 14. The first-order valence-corrected chi connectivity index (χ1v) is 9.43. The van der Waals surface area contributed by atoms with Crippen molar-refractivity contribution in [2.24, 2.45) is 22.2 Å². The van der Waals surface area contributed by atoms with Crippen molar-refractivity contribution >= 4 is 29.7 Å². The zero-order valence-electron chi connectivity index (χ0n) is 16.8. The number of nitrogens with zero attached hydrogens (tertiary/aromatic N) is 2. The van der Waals surface area contributed by atoms with Gasteiger partial charge in [-0.05, 0) is 19.3 Å². The monoisotopic (exact) mass is 440 g/mol. The van der Waals surface area contributed by atoms with Gasteiger partial charge in [0.25, 0.3) is 0 Å². The highest BCUT2D eigenvalue weighted by atomic mass is 16.4. The van der Waals surface area contributed by atoms with Gasteiger partial charge in [-0.15, -0.1) is 0 Å². The lowest BCUT2D eigenvalue weighted by atomic mass is 10.1. The average Bonchev–Trinajstić information content (AvgIpc) is 3.20. The molecule has 14 nitrogen and oxygen atoms in total. The number of aromatic amines is 1. The van der Waals surface area contributed by atoms with E-state index in [1.54, 1.807) is 0 Å². The highest BCUT2D eigenvalue weighted by molar-refractivity contribution is 5.92. The van der Waals surface area contributed by atoms with E-state index in [1.165, 1.54) is 12.5 Å². The Balaban J connectivity index is 2.82. The second kappa shape index (κ2) is 12.8. The summed E-state index contributed by atoms with van der Waals surface area (Å²) in [5.41, 5.74) is 16.7. The first-order valence-electron chi connectivity index (χ1n) is 9.43. The first-order chi connectivity index (χ1) is 14.6. The lowest BCUT2D eigenvalue weighted by Crippen LogP contribution is -2.54. The molecule has 0 aliphatic heterocycles. The summed E-state index contributed by atoms with van der Waals surface area (Å²) >= 11 is 0. The molecule has 11 N–H and O–H groups in total. The minimum absolute atomic E-state index is 0.0478. The number of aliphatic carboxylic acids is 2. The standard InChI is InChI=1S/C17H28N8O6/c18-10(3-4-13(26)27)14(28)24-11(2-1-5-22-17(19)20)15(29)25-12(16(30)31)6-9-7-21-8-23-9/h7-8,10-12H,1-6,18H2,(H,21,23)(H,24,28)(H,25,29)(H,26,27)(H,30,31)(H4,19,20,22). The third-order valence-electron chi connectivity index (χ3n) is 4.18. The molecule has 0 bridgehead atoms. The summed E-state index contributed by atoms with van der Waals surface area (Å²) in [6.45, 7) is 0.184. The molecule has 0 spiro atoms. The number of imidazole rings is 1. The highest BCUT2D eigenvalue weighted by Crippen LogP contribution is 2.04. The van der Waals surface area contributed by atoms with Crippen LogP contribution in [0.25, 0.3) is 0 Å². The average molecular weight is 440 g/mol. The molecule has 2 amide bonds. The van der Waals surface area contributed by atoms with Gasteiger partial charge >= 0.3 is 11.9 Å². The highest BCUT2D eigenvalue weighted by Gasteiger charge is 2.28. The van der Waals surface area contributed by atoms with E-state index in [2.05, 4.69) is 25.6 Å². The van der Waals surface area contributed by atoms with E-state index in [9.17, 15) is 24.3 Å². The Morgan fingerprint density at radius 3 is 2.32 bits per heavy atom. The number of nitrogens with two attached hydrogens (primary N) is 3. The van der Waals surface area contributed by atoms with E-state index in [4.69, 9.17) is 22.3 Å². The van der Waals surface area contributed by atoms with Crippen LogP contribution in [0.1, 0.15) is 31.4 Å². The van der Waals surface area contributed by atoms with E-state index in [1.807, 2.05) is 0 Å². The second-order valence-electron chi connectivity index (χ2n) is 6.73. The zero-order valence-corrected chi connectivity index (χ0v) is 16.8. The Kier molecular flexibility index (Phi) is 10.5. The molecule has 1 aromatic rings. The van der Waals surface area contributed by atoms with Crippen LogP contribution < -0.4 is 27.8 Å². The van der Waals surface area contributed by atoms with Crippen molar-refractivity contribution < 1.29 is 29.4 Å². The number of amides is 2. The fraction of sp³-hybridized carbons (Fsp3) is 0.529. The number of carbonyl (C=O) groups is 4. The fourth-order valence-corrected chi connectivity index (χ4v) is 2.55. The molecule has 0 aliphatic carbocycles.